The van der Waals surface area contributed by atoms with Crippen LogP contribution in [-0.4, -0.2) is 46.8 Å². The number of nitrogens with zero attached hydrogens (tertiary/aromatic N) is 4. The molecule has 2 atom stereocenters. The average molecular weight is 394 g/mol. The number of aromatic nitrogens is 3. The molecular weight excluding hydrogens is 368 g/mol. The lowest BCUT2D eigenvalue weighted by Gasteiger charge is -2.23. The third-order valence-electron chi connectivity index (χ3n) is 4.56. The van der Waals surface area contributed by atoms with E-state index in [1.54, 1.807) is 6.92 Å². The van der Waals surface area contributed by atoms with Crippen LogP contribution in [0.25, 0.3) is 0 Å². The van der Waals surface area contributed by atoms with Crippen molar-refractivity contribution < 1.29 is 17.7 Å². The van der Waals surface area contributed by atoms with Crippen molar-refractivity contribution in [2.24, 2.45) is 0 Å². The molecule has 0 aromatic carbocycles. The molecule has 0 N–H and O–H groups in total. The zero-order chi connectivity index (χ0) is 19.6. The molecule has 0 saturated carbocycles. The van der Waals surface area contributed by atoms with Gasteiger partial charge in [0.2, 0.25) is 10.0 Å². The molecule has 3 heterocycles. The van der Waals surface area contributed by atoms with Gasteiger partial charge in [0, 0.05) is 12.2 Å². The van der Waals surface area contributed by atoms with E-state index in [2.05, 4.69) is 29.0 Å². The first-order chi connectivity index (χ1) is 12.7. The van der Waals surface area contributed by atoms with Gasteiger partial charge in [0.15, 0.2) is 5.82 Å². The third kappa shape index (κ3) is 5.12. The van der Waals surface area contributed by atoms with Crippen LogP contribution in [0, 0.1) is 6.92 Å². The highest BCUT2D eigenvalue weighted by atomic mass is 32.2. The maximum absolute atomic E-state index is 12.3. The predicted octanol–water partition coefficient (Wildman–Crippen LogP) is 2.58. The molecule has 27 heavy (non-hydrogen) atoms. The van der Waals surface area contributed by atoms with E-state index in [9.17, 15) is 8.42 Å². The minimum absolute atomic E-state index is 0.217. The van der Waals surface area contributed by atoms with Gasteiger partial charge in [-0.1, -0.05) is 25.1 Å². The Morgan fingerprint density at radius 2 is 2.04 bits per heavy atom. The second-order valence-corrected chi connectivity index (χ2v) is 9.25. The van der Waals surface area contributed by atoms with Crippen molar-refractivity contribution >= 4 is 10.0 Å². The lowest BCUT2D eigenvalue weighted by molar-refractivity contribution is 0.0171. The van der Waals surface area contributed by atoms with Crippen LogP contribution in [0.2, 0.25) is 0 Å². The van der Waals surface area contributed by atoms with Gasteiger partial charge in [0.25, 0.3) is 5.89 Å². The van der Waals surface area contributed by atoms with Gasteiger partial charge in [0.05, 0.1) is 24.6 Å². The van der Waals surface area contributed by atoms with Crippen LogP contribution in [0.5, 0.6) is 0 Å². The second kappa shape index (κ2) is 8.04. The molecule has 3 rings (SSSR count). The molecule has 0 aliphatic carbocycles. The van der Waals surface area contributed by atoms with Crippen molar-refractivity contribution in [3.63, 3.8) is 0 Å². The summed E-state index contributed by atoms with van der Waals surface area (Å²) in [6, 6.07) is 5.72. The molecule has 1 aliphatic rings. The fourth-order valence-electron chi connectivity index (χ4n) is 3.10. The zero-order valence-corrected chi connectivity index (χ0v) is 16.9. The SMILES string of the molecule is Cc1noc([C@@H]2CC[C@H](CN(Cc3cccc(C(C)C)n3)S(C)(=O)=O)O2)n1. The molecule has 8 nitrogen and oxygen atoms in total. The molecule has 2 aromatic heterocycles. The smallest absolute Gasteiger partial charge is 0.255 e. The lowest BCUT2D eigenvalue weighted by atomic mass is 10.1. The molecule has 0 amide bonds. The number of sulfonamides is 1. The fourth-order valence-corrected chi connectivity index (χ4v) is 3.90. The normalized spacial score (nSPS) is 20.7. The second-order valence-electron chi connectivity index (χ2n) is 7.27. The van der Waals surface area contributed by atoms with E-state index in [4.69, 9.17) is 9.26 Å². The van der Waals surface area contributed by atoms with Gasteiger partial charge < -0.3 is 9.26 Å². The average Bonchev–Trinajstić information content (AvgIpc) is 3.22. The Bertz CT molecular complexity index is 881. The van der Waals surface area contributed by atoms with Crippen molar-refractivity contribution in [2.75, 3.05) is 12.8 Å². The van der Waals surface area contributed by atoms with Crippen molar-refractivity contribution in [3.05, 3.63) is 41.3 Å². The van der Waals surface area contributed by atoms with E-state index >= 15 is 0 Å². The number of aryl methyl sites for hydroxylation is 1. The fraction of sp³-hybridized carbons (Fsp3) is 0.611. The molecule has 0 bridgehead atoms. The number of hydrogen-bond donors (Lipinski definition) is 0. The van der Waals surface area contributed by atoms with E-state index < -0.39 is 10.0 Å². The lowest BCUT2D eigenvalue weighted by Crippen LogP contribution is -2.36. The van der Waals surface area contributed by atoms with Gasteiger partial charge in [-0.2, -0.15) is 9.29 Å². The molecule has 0 unspecified atom stereocenters. The molecule has 0 radical (unpaired) electrons. The van der Waals surface area contributed by atoms with Crippen LogP contribution in [0.15, 0.2) is 22.7 Å². The molecular formula is C18H26N4O4S. The Balaban J connectivity index is 1.68. The Morgan fingerprint density at radius 3 is 2.67 bits per heavy atom. The van der Waals surface area contributed by atoms with E-state index in [0.29, 0.717) is 11.7 Å². The van der Waals surface area contributed by atoms with Crippen LogP contribution in [0.1, 0.15) is 61.8 Å². The monoisotopic (exact) mass is 394 g/mol. The highest BCUT2D eigenvalue weighted by Crippen LogP contribution is 2.32. The summed E-state index contributed by atoms with van der Waals surface area (Å²) in [6.07, 6.45) is 2.18. The van der Waals surface area contributed by atoms with Crippen LogP contribution in [0.3, 0.4) is 0 Å². The first kappa shape index (κ1) is 19.9. The summed E-state index contributed by atoms with van der Waals surface area (Å²) in [5, 5.41) is 3.78. The van der Waals surface area contributed by atoms with Gasteiger partial charge in [-0.3, -0.25) is 4.98 Å². The predicted molar refractivity (Wildman–Crippen MR) is 99.5 cm³/mol. The number of ether oxygens (including phenoxy) is 1. The first-order valence-electron chi connectivity index (χ1n) is 9.09. The minimum Gasteiger partial charge on any atom is -0.364 e. The van der Waals surface area contributed by atoms with Gasteiger partial charge in [0.1, 0.15) is 6.10 Å². The maximum atomic E-state index is 12.3. The van der Waals surface area contributed by atoms with Crippen molar-refractivity contribution in [1.82, 2.24) is 19.4 Å². The molecule has 1 saturated heterocycles. The summed E-state index contributed by atoms with van der Waals surface area (Å²) < 4.78 is 37.2. The number of pyridine rings is 1. The maximum Gasteiger partial charge on any atom is 0.255 e. The van der Waals surface area contributed by atoms with Crippen molar-refractivity contribution in [2.45, 2.75) is 58.3 Å². The van der Waals surface area contributed by atoms with Crippen molar-refractivity contribution in [1.29, 1.82) is 0 Å². The summed E-state index contributed by atoms with van der Waals surface area (Å²) in [5.41, 5.74) is 1.68. The molecule has 9 heteroatoms. The first-order valence-corrected chi connectivity index (χ1v) is 10.9. The zero-order valence-electron chi connectivity index (χ0n) is 16.1. The summed E-state index contributed by atoms with van der Waals surface area (Å²) in [4.78, 5) is 8.79. The number of hydrogen-bond acceptors (Lipinski definition) is 7. The molecule has 0 spiro atoms. The molecule has 1 fully saturated rings. The third-order valence-corrected chi connectivity index (χ3v) is 5.78. The largest absolute Gasteiger partial charge is 0.364 e. The van der Waals surface area contributed by atoms with Crippen LogP contribution in [-0.2, 0) is 21.3 Å². The van der Waals surface area contributed by atoms with E-state index in [-0.39, 0.29) is 31.2 Å². The van der Waals surface area contributed by atoms with Gasteiger partial charge in [-0.25, -0.2) is 8.42 Å². The summed E-state index contributed by atoms with van der Waals surface area (Å²) >= 11 is 0. The van der Waals surface area contributed by atoms with E-state index in [1.165, 1.54) is 10.6 Å². The van der Waals surface area contributed by atoms with E-state index in [1.807, 2.05) is 18.2 Å². The van der Waals surface area contributed by atoms with E-state index in [0.717, 1.165) is 24.2 Å². The Morgan fingerprint density at radius 1 is 1.26 bits per heavy atom. The van der Waals surface area contributed by atoms with Crippen LogP contribution >= 0.6 is 0 Å². The van der Waals surface area contributed by atoms with Crippen molar-refractivity contribution in [3.8, 4) is 0 Å². The topological polar surface area (TPSA) is 98.4 Å². The number of rotatable bonds is 7. The van der Waals surface area contributed by atoms with Gasteiger partial charge in [-0.15, -0.1) is 0 Å². The Labute approximate surface area is 160 Å². The molecule has 148 valence electrons. The Kier molecular flexibility index (Phi) is 5.92. The summed E-state index contributed by atoms with van der Waals surface area (Å²) in [7, 11) is -3.40. The standard InChI is InChI=1S/C18H26N4O4S/c1-12(2)16-7-5-6-14(20-16)10-22(27(4,23)24)11-15-8-9-17(25-15)18-19-13(3)21-26-18/h5-7,12,15,17H,8-11H2,1-4H3/t15-,17+/m1/s1. The highest BCUT2D eigenvalue weighted by Gasteiger charge is 2.33. The van der Waals surface area contributed by atoms with Gasteiger partial charge in [-0.05, 0) is 37.8 Å². The summed E-state index contributed by atoms with van der Waals surface area (Å²) in [6.45, 7) is 6.38. The van der Waals surface area contributed by atoms with Crippen LogP contribution < -0.4 is 0 Å². The highest BCUT2D eigenvalue weighted by molar-refractivity contribution is 7.88. The Hall–Kier alpha value is -1.84. The minimum atomic E-state index is -3.40. The quantitative estimate of drug-likeness (QED) is 0.712. The van der Waals surface area contributed by atoms with Crippen LogP contribution in [0.4, 0.5) is 0 Å². The molecule has 1 aliphatic heterocycles. The van der Waals surface area contributed by atoms with Gasteiger partial charge >= 0.3 is 0 Å². The molecule has 2 aromatic rings. The summed E-state index contributed by atoms with van der Waals surface area (Å²) in [5.74, 6) is 1.30.